The quantitative estimate of drug-likeness (QED) is 0.403. The van der Waals surface area contributed by atoms with Crippen LogP contribution in [-0.2, 0) is 25.6 Å². The van der Waals surface area contributed by atoms with E-state index in [1.165, 1.54) is 11.8 Å². The Bertz CT molecular complexity index is 1500. The number of ketones is 2. The average Bonchev–Trinajstić information content (AvgIpc) is 3.59. The van der Waals surface area contributed by atoms with Crippen molar-refractivity contribution in [1.29, 1.82) is 0 Å². The fraction of sp³-hybridized carbons (Fsp3) is 0.618. The van der Waals surface area contributed by atoms with Gasteiger partial charge in [-0.05, 0) is 75.1 Å². The van der Waals surface area contributed by atoms with Crippen molar-refractivity contribution >= 4 is 34.4 Å². The van der Waals surface area contributed by atoms with Crippen molar-refractivity contribution in [2.24, 2.45) is 28.6 Å². The Labute approximate surface area is 252 Å². The molecule has 9 atom stereocenters. The number of aryl methyl sites for hydroxylation is 1. The second kappa shape index (κ2) is 10.1. The average molecular weight is 591 g/mol. The lowest BCUT2D eigenvalue weighted by molar-refractivity contribution is -0.197. The zero-order valence-electron chi connectivity index (χ0n) is 25.0. The molecule has 1 saturated heterocycles. The maximum atomic E-state index is 14.6. The number of aromatic nitrogens is 2. The van der Waals surface area contributed by atoms with E-state index >= 15 is 0 Å². The maximum Gasteiger partial charge on any atom is 0.178 e. The van der Waals surface area contributed by atoms with Gasteiger partial charge in [0.2, 0.25) is 0 Å². The third kappa shape index (κ3) is 3.87. The minimum atomic E-state index is -1.10. The summed E-state index contributed by atoms with van der Waals surface area (Å²) in [7, 11) is 0. The van der Waals surface area contributed by atoms with Crippen LogP contribution in [0.15, 0.2) is 53.2 Å². The number of Topliss-reactive ketones (excluding diaryl/α,β-unsaturated/α-hetero) is 1. The van der Waals surface area contributed by atoms with Crippen molar-refractivity contribution in [3.05, 3.63) is 48.1 Å². The molecule has 7 nitrogen and oxygen atoms in total. The first kappa shape index (κ1) is 28.5. The van der Waals surface area contributed by atoms with Gasteiger partial charge in [-0.1, -0.05) is 62.7 Å². The molecule has 4 fully saturated rings. The number of hydrogen-bond acceptors (Lipinski definition) is 7. The van der Waals surface area contributed by atoms with E-state index < -0.39 is 23.4 Å². The number of carbonyl (C=O) groups excluding carboxylic acids is 2. The van der Waals surface area contributed by atoms with Crippen LogP contribution in [0.1, 0.15) is 66.2 Å². The highest BCUT2D eigenvalue weighted by molar-refractivity contribution is 7.99. The Morgan fingerprint density at radius 1 is 1.24 bits per heavy atom. The number of carbonyl (C=O) groups is 2. The number of rotatable bonds is 7. The summed E-state index contributed by atoms with van der Waals surface area (Å²) in [5.41, 5.74) is 1.12. The first-order valence-electron chi connectivity index (χ1n) is 15.7. The Morgan fingerprint density at radius 2 is 2.05 bits per heavy atom. The fourth-order valence-electron chi connectivity index (χ4n) is 9.71. The molecule has 224 valence electrons. The molecule has 0 spiro atoms. The Balaban J connectivity index is 1.23. The van der Waals surface area contributed by atoms with Crippen molar-refractivity contribution in [2.45, 2.75) is 102 Å². The predicted octanol–water partition coefficient (Wildman–Crippen LogP) is 5.89. The zero-order valence-corrected chi connectivity index (χ0v) is 25.9. The Kier molecular flexibility index (Phi) is 6.89. The van der Waals surface area contributed by atoms with Crippen molar-refractivity contribution in [3.8, 4) is 0 Å². The second-order valence-corrected chi connectivity index (χ2v) is 14.4. The Hall–Kier alpha value is -2.26. The molecule has 1 aromatic carbocycles. The molecule has 42 heavy (non-hydrogen) atoms. The zero-order chi connectivity index (χ0) is 29.4. The van der Waals surface area contributed by atoms with Gasteiger partial charge in [0, 0.05) is 23.3 Å². The van der Waals surface area contributed by atoms with E-state index in [1.807, 2.05) is 24.3 Å². The van der Waals surface area contributed by atoms with Crippen molar-refractivity contribution in [2.75, 3.05) is 5.75 Å². The number of ether oxygens (including phenoxy) is 2. The highest BCUT2D eigenvalue weighted by atomic mass is 32.2. The van der Waals surface area contributed by atoms with E-state index in [0.29, 0.717) is 6.42 Å². The minimum Gasteiger partial charge on any atom is -0.393 e. The van der Waals surface area contributed by atoms with Crippen LogP contribution < -0.4 is 0 Å². The van der Waals surface area contributed by atoms with E-state index in [9.17, 15) is 14.7 Å². The summed E-state index contributed by atoms with van der Waals surface area (Å²) in [6, 6.07) is 8.09. The summed E-state index contributed by atoms with van der Waals surface area (Å²) in [6.07, 6.45) is 8.75. The van der Waals surface area contributed by atoms with Crippen LogP contribution >= 0.6 is 11.8 Å². The van der Waals surface area contributed by atoms with Gasteiger partial charge in [-0.3, -0.25) is 9.59 Å². The molecule has 2 heterocycles. The lowest BCUT2D eigenvalue weighted by Crippen LogP contribution is -2.63. The lowest BCUT2D eigenvalue weighted by Gasteiger charge is -2.59. The van der Waals surface area contributed by atoms with Crippen molar-refractivity contribution in [1.82, 2.24) is 9.55 Å². The molecule has 0 bridgehead atoms. The van der Waals surface area contributed by atoms with Crippen LogP contribution in [-0.4, -0.2) is 56.1 Å². The third-order valence-electron chi connectivity index (χ3n) is 11.5. The molecular weight excluding hydrogens is 548 g/mol. The molecular formula is C34H42N2O5S. The van der Waals surface area contributed by atoms with E-state index in [0.717, 1.165) is 60.4 Å². The largest absolute Gasteiger partial charge is 0.393 e. The number of aliphatic hydroxyl groups is 1. The van der Waals surface area contributed by atoms with Gasteiger partial charge >= 0.3 is 0 Å². The van der Waals surface area contributed by atoms with Crippen LogP contribution in [0.5, 0.6) is 0 Å². The summed E-state index contributed by atoms with van der Waals surface area (Å²) in [5.74, 6) is 0.710. The van der Waals surface area contributed by atoms with Crippen LogP contribution in [0.3, 0.4) is 0 Å². The summed E-state index contributed by atoms with van der Waals surface area (Å²) in [6.45, 7) is 9.35. The predicted molar refractivity (Wildman–Crippen MR) is 162 cm³/mol. The molecule has 1 aliphatic heterocycles. The fourth-order valence-corrected chi connectivity index (χ4v) is 10.7. The number of allylic oxidation sites excluding steroid dienone is 4. The SMILES string of the molecule is CCC[C@@H]1O[C@@H]2CC3C4CCC5=CC(=O)C=CC5(C)C4[C@@H](O)CC3(C)[C@@]2(C(=O)CSc2nc3ccccc3n2CC)O1. The highest BCUT2D eigenvalue weighted by Gasteiger charge is 2.75. The number of thioether (sulfide) groups is 1. The number of fused-ring (bicyclic) bond motifs is 8. The first-order chi connectivity index (χ1) is 20.2. The van der Waals surface area contributed by atoms with Gasteiger partial charge in [-0.2, -0.15) is 0 Å². The summed E-state index contributed by atoms with van der Waals surface area (Å²) in [4.78, 5) is 31.7. The molecule has 4 aliphatic carbocycles. The number of aliphatic hydroxyl groups excluding tert-OH is 1. The van der Waals surface area contributed by atoms with E-state index in [4.69, 9.17) is 14.5 Å². The third-order valence-corrected chi connectivity index (χ3v) is 12.5. The maximum absolute atomic E-state index is 14.6. The van der Waals surface area contributed by atoms with Gasteiger partial charge in [0.25, 0.3) is 0 Å². The molecule has 0 amide bonds. The topological polar surface area (TPSA) is 90.7 Å². The monoisotopic (exact) mass is 590 g/mol. The number of para-hydroxylation sites is 2. The van der Waals surface area contributed by atoms with Gasteiger partial charge in [0.1, 0.15) is 0 Å². The molecule has 5 aliphatic rings. The normalized spacial score (nSPS) is 40.4. The summed E-state index contributed by atoms with van der Waals surface area (Å²) < 4.78 is 15.6. The number of benzene rings is 1. The van der Waals surface area contributed by atoms with Crippen molar-refractivity contribution in [3.63, 3.8) is 0 Å². The van der Waals surface area contributed by atoms with Gasteiger partial charge in [0.15, 0.2) is 28.6 Å². The number of nitrogens with zero attached hydrogens (tertiary/aromatic N) is 2. The smallest absolute Gasteiger partial charge is 0.178 e. The number of hydrogen-bond donors (Lipinski definition) is 1. The van der Waals surface area contributed by atoms with Gasteiger partial charge in [-0.25, -0.2) is 4.98 Å². The van der Waals surface area contributed by atoms with Gasteiger partial charge in [0.05, 0.1) is 29.0 Å². The molecule has 1 aromatic heterocycles. The summed E-state index contributed by atoms with van der Waals surface area (Å²) >= 11 is 1.48. The molecule has 7 rings (SSSR count). The van der Waals surface area contributed by atoms with Crippen LogP contribution in [0, 0.1) is 28.6 Å². The molecule has 0 radical (unpaired) electrons. The minimum absolute atomic E-state index is 0.00354. The Morgan fingerprint density at radius 3 is 2.83 bits per heavy atom. The molecule has 8 heteroatoms. The van der Waals surface area contributed by atoms with Crippen LogP contribution in [0.4, 0.5) is 0 Å². The molecule has 5 unspecified atom stereocenters. The first-order valence-corrected chi connectivity index (χ1v) is 16.7. The standard InChI is InChI=1S/C34H42N2O5S/c1-5-9-29-40-28-17-23-22-13-12-20-16-21(37)14-15-32(20,3)30(22)26(38)18-33(23,4)34(28,41-29)27(39)19-42-31-35-24-10-7-8-11-25(24)36(31)6-2/h7-8,10-11,14-16,22-23,26,28-30,38H,5-6,9,12-13,17-19H2,1-4H3/t22?,23?,26-,28+,29+,30?,32?,33?,34-/m0/s1. The lowest BCUT2D eigenvalue weighted by atomic mass is 9.46. The van der Waals surface area contributed by atoms with E-state index in [-0.39, 0.29) is 46.6 Å². The van der Waals surface area contributed by atoms with E-state index in [2.05, 4.69) is 38.3 Å². The van der Waals surface area contributed by atoms with Crippen LogP contribution in [0.25, 0.3) is 11.0 Å². The number of imidazole rings is 1. The summed E-state index contributed by atoms with van der Waals surface area (Å²) in [5, 5.41) is 12.8. The highest BCUT2D eigenvalue weighted by Crippen LogP contribution is 2.69. The molecule has 1 N–H and O–H groups in total. The molecule has 2 aromatic rings. The molecule has 3 saturated carbocycles. The van der Waals surface area contributed by atoms with Crippen molar-refractivity contribution < 1.29 is 24.2 Å². The van der Waals surface area contributed by atoms with Gasteiger partial charge < -0.3 is 19.1 Å². The van der Waals surface area contributed by atoms with E-state index in [1.54, 1.807) is 12.2 Å². The van der Waals surface area contributed by atoms with Gasteiger partial charge in [-0.15, -0.1) is 0 Å². The second-order valence-electron chi connectivity index (χ2n) is 13.5. The van der Waals surface area contributed by atoms with Crippen LogP contribution in [0.2, 0.25) is 0 Å².